The number of benzene rings is 1. The molecule has 1 aromatic rings. The molecular formula is C21H33ClFmN5O5-. The van der Waals surface area contributed by atoms with Crippen molar-refractivity contribution in [2.24, 2.45) is 5.73 Å². The van der Waals surface area contributed by atoms with E-state index >= 15 is 0 Å². The summed E-state index contributed by atoms with van der Waals surface area (Å²) in [5, 5.41) is 7.39. The molecule has 10 nitrogen and oxygen atoms in total. The van der Waals surface area contributed by atoms with Crippen LogP contribution in [0.15, 0.2) is 18.2 Å². The van der Waals surface area contributed by atoms with Crippen LogP contribution in [0.2, 0.25) is 0 Å². The third kappa shape index (κ3) is 13.2. The Balaban J connectivity index is 0. The fraction of sp³-hybridized carbons (Fsp3) is 0.524. The van der Waals surface area contributed by atoms with Gasteiger partial charge in [0.1, 0.15) is 19.2 Å². The predicted molar refractivity (Wildman–Crippen MR) is 124 cm³/mol. The van der Waals surface area contributed by atoms with Gasteiger partial charge in [-0.05, 0) is 37.2 Å². The van der Waals surface area contributed by atoms with Gasteiger partial charge in [-0.25, -0.2) is 4.79 Å². The van der Waals surface area contributed by atoms with E-state index in [1.165, 1.54) is 18.2 Å². The fourth-order valence-electron chi connectivity index (χ4n) is 2.23. The molecule has 0 saturated carbocycles. The van der Waals surface area contributed by atoms with E-state index in [1.807, 2.05) is 0 Å². The van der Waals surface area contributed by atoms with E-state index in [0.29, 0.717) is 5.69 Å². The molecule has 4 amide bonds. The first-order chi connectivity index (χ1) is 15.2. The maximum atomic E-state index is 12.3. The average Bonchev–Trinajstić information content (AvgIpc) is 2.76. The van der Waals surface area contributed by atoms with Gasteiger partial charge in [-0.15, -0.1) is 11.6 Å². The third-order valence-corrected chi connectivity index (χ3v) is 3.98. The minimum atomic E-state index is -0.855. The number of nitrogens with two attached hydrogens (primary N) is 1. The molecule has 0 aliphatic heterocycles. The van der Waals surface area contributed by atoms with Crippen LogP contribution >= 0.6 is 11.6 Å². The zero-order valence-corrected chi connectivity index (χ0v) is 22.4. The summed E-state index contributed by atoms with van der Waals surface area (Å²) in [4.78, 5) is 47.5. The van der Waals surface area contributed by atoms with Crippen molar-refractivity contribution in [1.82, 2.24) is 15.5 Å². The van der Waals surface area contributed by atoms with Gasteiger partial charge in [-0.3, -0.25) is 9.59 Å². The minimum absolute atomic E-state index is 0. The van der Waals surface area contributed by atoms with Crippen LogP contribution < -0.4 is 21.7 Å². The van der Waals surface area contributed by atoms with Crippen molar-refractivity contribution in [3.63, 3.8) is 0 Å². The first-order valence-electron chi connectivity index (χ1n) is 10.2. The van der Waals surface area contributed by atoms with Crippen molar-refractivity contribution in [1.29, 1.82) is 0 Å². The molecule has 0 heterocycles. The van der Waals surface area contributed by atoms with Crippen LogP contribution in [0.5, 0.6) is 0 Å². The van der Waals surface area contributed by atoms with E-state index < -0.39 is 23.9 Å². The van der Waals surface area contributed by atoms with Crippen LogP contribution in [0.3, 0.4) is 0 Å². The summed E-state index contributed by atoms with van der Waals surface area (Å²) in [7, 11) is 1.58. The van der Waals surface area contributed by atoms with Crippen LogP contribution in [0.1, 0.15) is 38.3 Å². The van der Waals surface area contributed by atoms with Crippen molar-refractivity contribution >= 4 is 41.6 Å². The molecule has 1 atom stereocenters. The van der Waals surface area contributed by atoms with Gasteiger partial charge in [0.2, 0.25) is 11.8 Å². The molecule has 0 aliphatic carbocycles. The normalized spacial score (nSPS) is 10.4. The first-order valence-corrected chi connectivity index (χ1v) is 10.7. The summed E-state index contributed by atoms with van der Waals surface area (Å²) >= 11 is 5.91. The summed E-state index contributed by atoms with van der Waals surface area (Å²) in [6.45, 7) is 5.91. The molecule has 1 aromatic carbocycles. The number of alkyl carbamates (subject to hydrolysis) is 1. The zero-order valence-electron chi connectivity index (χ0n) is 19.3. The number of amides is 4. The summed E-state index contributed by atoms with van der Waals surface area (Å²) in [6, 6.07) is 4.27. The van der Waals surface area contributed by atoms with Crippen LogP contribution in [-0.4, -0.2) is 62.0 Å². The van der Waals surface area contributed by atoms with Gasteiger partial charge in [-0.1, -0.05) is 26.3 Å². The Labute approximate surface area is 194 Å². The molecule has 0 aliphatic rings. The van der Waals surface area contributed by atoms with Crippen molar-refractivity contribution in [3.05, 3.63) is 29.3 Å². The maximum Gasteiger partial charge on any atom is 0.407 e. The van der Waals surface area contributed by atoms with Crippen LogP contribution in [-0.2, 0) is 31.5 Å². The summed E-state index contributed by atoms with van der Waals surface area (Å²) in [5.41, 5.74) is 7.27. The Morgan fingerprint density at radius 2 is 1.88 bits per heavy atom. The number of hydrogen-bond acceptors (Lipinski definition) is 6. The topological polar surface area (TPSA) is 143 Å². The summed E-state index contributed by atoms with van der Waals surface area (Å²) in [5.74, 6) is -0.758. The molecule has 33 heavy (non-hydrogen) atoms. The van der Waals surface area contributed by atoms with Crippen molar-refractivity contribution in [3.8, 4) is 0 Å². The number of carbonyl (C=O) groups excluding carboxylic acids is 4. The molecule has 192 valence electrons. The number of anilines is 1. The van der Waals surface area contributed by atoms with Gasteiger partial charge < -0.3 is 36.1 Å². The zero-order chi connectivity index (χ0) is 24.5. The van der Waals surface area contributed by atoms with Crippen molar-refractivity contribution in [2.75, 3.05) is 32.1 Å². The number of carbonyl (C=O) groups is 3. The van der Waals surface area contributed by atoms with Gasteiger partial charge >= 0.3 is 6.09 Å². The minimum Gasteiger partial charge on any atom is -0.520 e. The quantitative estimate of drug-likeness (QED) is 0.155. The van der Waals surface area contributed by atoms with Crippen molar-refractivity contribution < 1.29 is 23.9 Å². The molecular weight excluding hydrogens is 695 g/mol. The van der Waals surface area contributed by atoms with Crippen molar-refractivity contribution in [2.45, 2.75) is 45.7 Å². The summed E-state index contributed by atoms with van der Waals surface area (Å²) in [6.07, 6.45) is 2.24. The smallest absolute Gasteiger partial charge is 0.407 e. The Morgan fingerprint density at radius 1 is 1.24 bits per heavy atom. The Bertz CT molecular complexity index is 754. The van der Waals surface area contributed by atoms with E-state index in [-0.39, 0.29) is 32.1 Å². The number of ether oxygens (including phenoxy) is 1. The number of nitrogens with one attached hydrogen (secondary N) is 3. The van der Waals surface area contributed by atoms with E-state index in [2.05, 4.69) is 34.5 Å². The molecule has 0 radical (unpaired) electrons. The second-order valence-corrected chi connectivity index (χ2v) is 7.10. The number of nitrogens with zero attached hydrogens (tertiary/aromatic N) is 1. The number of alkyl halides is 1. The number of hydrogen-bond donors (Lipinski definition) is 4. The number of rotatable bonds is 11. The van der Waals surface area contributed by atoms with E-state index in [4.69, 9.17) is 17.3 Å². The molecule has 0 fully saturated rings. The van der Waals surface area contributed by atoms with E-state index in [9.17, 15) is 19.2 Å². The molecule has 0 saturated heterocycles. The Morgan fingerprint density at radius 3 is 2.42 bits per heavy atom. The van der Waals surface area contributed by atoms with E-state index in [1.54, 1.807) is 31.7 Å². The Hall–Kier alpha value is -3.85. The van der Waals surface area contributed by atoms with Gasteiger partial charge in [0.15, 0.2) is 0 Å². The predicted octanol–water partition coefficient (Wildman–Crippen LogP) is 1.47. The second-order valence-electron chi connectivity index (χ2n) is 6.83. The van der Waals surface area contributed by atoms with Gasteiger partial charge in [0.05, 0.1) is 0 Å². The van der Waals surface area contributed by atoms with E-state index in [0.717, 1.165) is 11.1 Å². The second kappa shape index (κ2) is 17.8. The van der Waals surface area contributed by atoms with Crippen LogP contribution in [0, 0.1) is 0 Å². The SMILES string of the molecule is CC(NC(=O)CNC(=O)OCCN)C(=O)Nc1ccc(CCl)c(CN(C)[C-]=O)c1.CCC.[Fm]. The molecule has 0 spiro atoms. The van der Waals surface area contributed by atoms with Gasteiger partial charge in [-0.2, -0.15) is 6.41 Å². The van der Waals surface area contributed by atoms with Crippen LogP contribution in [0.25, 0.3) is 0 Å². The van der Waals surface area contributed by atoms with Gasteiger partial charge in [0.25, 0.3) is 0 Å². The number of halogens is 1. The molecule has 0 aromatic heterocycles. The monoisotopic (exact) mass is 727 g/mol. The molecule has 0 bridgehead atoms. The average molecular weight is 728 g/mol. The molecule has 12 heteroatoms. The molecule has 5 N–H and O–H groups in total. The first kappa shape index (κ1) is 31.3. The standard InChI is InChI=1S/C18H25ClN5O5.C3H8.Fm/c1-12(22-16(26)9-21-18(28)29-6-5-20)17(27)23-15-4-3-13(8-19)14(7-15)10-24(2)11-25;1-3-2;/h3-4,7,12H,5-6,8-10,20H2,1-2H3,(H,21,28)(H,22,26)(H,23,27);3H2,1-2H3;/q-1;;. The third-order valence-electron chi connectivity index (χ3n) is 3.70. The fourth-order valence-corrected chi connectivity index (χ4v) is 2.49. The molecule has 1 rings (SSSR count). The Kier molecular flexibility index (Phi) is 16.9. The maximum absolute atomic E-state index is 12.3. The van der Waals surface area contributed by atoms with Gasteiger partial charge in [0, 0.05) is 24.7 Å². The largest absolute Gasteiger partial charge is 0.520 e. The van der Waals surface area contributed by atoms with Crippen LogP contribution in [0.4, 0.5) is 10.5 Å². The summed E-state index contributed by atoms with van der Waals surface area (Å²) < 4.78 is 4.67. The molecule has 1 unspecified atom stereocenters.